The summed E-state index contributed by atoms with van der Waals surface area (Å²) in [5.41, 5.74) is 0.698. The summed E-state index contributed by atoms with van der Waals surface area (Å²) in [6.07, 6.45) is 3.02. The van der Waals surface area contributed by atoms with Gasteiger partial charge in [0.2, 0.25) is 0 Å². The summed E-state index contributed by atoms with van der Waals surface area (Å²) in [7, 11) is 0. The third kappa shape index (κ3) is 4.14. The van der Waals surface area contributed by atoms with Gasteiger partial charge in [0.15, 0.2) is 0 Å². The van der Waals surface area contributed by atoms with Crippen LogP contribution in [0.15, 0.2) is 11.6 Å². The van der Waals surface area contributed by atoms with Crippen molar-refractivity contribution in [1.82, 2.24) is 5.32 Å². The van der Waals surface area contributed by atoms with Crippen LogP contribution in [0.5, 0.6) is 0 Å². The number of ether oxygens (including phenoxy) is 1. The van der Waals surface area contributed by atoms with Crippen LogP contribution in [0.2, 0.25) is 0 Å². The summed E-state index contributed by atoms with van der Waals surface area (Å²) >= 11 is 0. The molecular formula is C13H21NO4. The van der Waals surface area contributed by atoms with Gasteiger partial charge in [0, 0.05) is 0 Å². The highest BCUT2D eigenvalue weighted by molar-refractivity contribution is 5.71. The Hall–Kier alpha value is -1.36. The van der Waals surface area contributed by atoms with Crippen molar-refractivity contribution in [3.63, 3.8) is 0 Å². The maximum absolute atomic E-state index is 10.6. The molecule has 1 rings (SSSR count). The Morgan fingerprint density at radius 2 is 2.17 bits per heavy atom. The van der Waals surface area contributed by atoms with Crippen LogP contribution >= 0.6 is 0 Å². The fourth-order valence-corrected chi connectivity index (χ4v) is 2.22. The van der Waals surface area contributed by atoms with Crippen LogP contribution < -0.4 is 5.32 Å². The Morgan fingerprint density at radius 1 is 1.50 bits per heavy atom. The number of aldehydes is 1. The predicted octanol–water partition coefficient (Wildman–Crippen LogP) is 1.97. The van der Waals surface area contributed by atoms with E-state index in [4.69, 9.17) is 9.84 Å². The summed E-state index contributed by atoms with van der Waals surface area (Å²) in [5, 5.41) is 11.2. The number of carboxylic acid groups (broad SMARTS) is 1. The van der Waals surface area contributed by atoms with Gasteiger partial charge in [0.05, 0.1) is 18.2 Å². The minimum Gasteiger partial charge on any atom is -0.465 e. The van der Waals surface area contributed by atoms with Crippen molar-refractivity contribution in [2.45, 2.75) is 51.9 Å². The molecule has 0 aromatic rings. The van der Waals surface area contributed by atoms with Crippen molar-refractivity contribution < 1.29 is 19.4 Å². The largest absolute Gasteiger partial charge is 0.465 e. The SMILES string of the molecule is C/C(C=O)=C\C[C@@H]1O[C@H](C)[C@H](NC(=O)O)C[C@@H]1C. The summed E-state index contributed by atoms with van der Waals surface area (Å²) < 4.78 is 5.82. The molecule has 1 fully saturated rings. The average molecular weight is 255 g/mol. The van der Waals surface area contributed by atoms with Gasteiger partial charge in [-0.3, -0.25) is 4.79 Å². The molecule has 0 spiro atoms. The lowest BCUT2D eigenvalue weighted by atomic mass is 9.88. The van der Waals surface area contributed by atoms with Crippen molar-refractivity contribution in [2.24, 2.45) is 5.92 Å². The Bertz CT molecular complexity index is 340. The third-order valence-electron chi connectivity index (χ3n) is 3.38. The lowest BCUT2D eigenvalue weighted by Gasteiger charge is -2.38. The van der Waals surface area contributed by atoms with E-state index in [0.29, 0.717) is 12.0 Å². The van der Waals surface area contributed by atoms with E-state index < -0.39 is 6.09 Å². The first kappa shape index (κ1) is 14.7. The van der Waals surface area contributed by atoms with Gasteiger partial charge in [0.25, 0.3) is 0 Å². The van der Waals surface area contributed by atoms with Gasteiger partial charge in [0.1, 0.15) is 6.29 Å². The number of rotatable bonds is 4. The first-order valence-corrected chi connectivity index (χ1v) is 6.21. The van der Waals surface area contributed by atoms with Crippen LogP contribution in [0, 0.1) is 5.92 Å². The fraction of sp³-hybridized carbons (Fsp3) is 0.692. The topological polar surface area (TPSA) is 75.6 Å². The zero-order valence-electron chi connectivity index (χ0n) is 11.1. The van der Waals surface area contributed by atoms with E-state index >= 15 is 0 Å². The second-order valence-electron chi connectivity index (χ2n) is 4.95. The van der Waals surface area contributed by atoms with Crippen LogP contribution in [0.25, 0.3) is 0 Å². The Kier molecular flexibility index (Phi) is 5.34. The first-order valence-electron chi connectivity index (χ1n) is 6.21. The molecule has 1 aliphatic rings. The molecule has 1 aliphatic heterocycles. The third-order valence-corrected chi connectivity index (χ3v) is 3.38. The lowest BCUT2D eigenvalue weighted by molar-refractivity contribution is -0.105. The van der Waals surface area contributed by atoms with Crippen molar-refractivity contribution in [3.05, 3.63) is 11.6 Å². The number of hydrogen-bond donors (Lipinski definition) is 2. The molecule has 5 nitrogen and oxygen atoms in total. The number of carbonyl (C=O) groups excluding carboxylic acids is 1. The Morgan fingerprint density at radius 3 is 2.72 bits per heavy atom. The van der Waals surface area contributed by atoms with Gasteiger partial charge in [-0.05, 0) is 38.2 Å². The van der Waals surface area contributed by atoms with Gasteiger partial charge < -0.3 is 15.2 Å². The van der Waals surface area contributed by atoms with Crippen LogP contribution in [0.3, 0.4) is 0 Å². The molecule has 1 heterocycles. The molecule has 4 atom stereocenters. The standard InChI is InChI=1S/C13H21NO4/c1-8(7-15)4-5-12-9(2)6-11(10(3)18-12)14-13(16)17/h4,7,9-12,14H,5-6H2,1-3H3,(H,16,17)/b8-4+/t9-,10+,11+,12-/m0/s1. The average Bonchev–Trinajstić information content (AvgIpc) is 2.30. The molecule has 0 bridgehead atoms. The van der Waals surface area contributed by atoms with E-state index in [1.165, 1.54) is 0 Å². The zero-order chi connectivity index (χ0) is 13.7. The van der Waals surface area contributed by atoms with E-state index in [1.807, 2.05) is 19.9 Å². The molecule has 0 saturated carbocycles. The second-order valence-corrected chi connectivity index (χ2v) is 4.95. The maximum Gasteiger partial charge on any atom is 0.404 e. The van der Waals surface area contributed by atoms with Crippen molar-refractivity contribution >= 4 is 12.4 Å². The summed E-state index contributed by atoms with van der Waals surface area (Å²) in [6, 6.07) is -0.162. The number of nitrogens with one attached hydrogen (secondary N) is 1. The van der Waals surface area contributed by atoms with Crippen LogP contribution in [-0.4, -0.2) is 35.7 Å². The molecular weight excluding hydrogens is 234 g/mol. The van der Waals surface area contributed by atoms with Crippen molar-refractivity contribution in [1.29, 1.82) is 0 Å². The van der Waals surface area contributed by atoms with E-state index in [0.717, 1.165) is 12.7 Å². The minimum atomic E-state index is -1.02. The van der Waals surface area contributed by atoms with Crippen LogP contribution in [-0.2, 0) is 9.53 Å². The monoisotopic (exact) mass is 255 g/mol. The number of hydrogen-bond acceptors (Lipinski definition) is 3. The van der Waals surface area contributed by atoms with Gasteiger partial charge in [-0.25, -0.2) is 4.79 Å². The summed E-state index contributed by atoms with van der Waals surface area (Å²) in [6.45, 7) is 5.67. The highest BCUT2D eigenvalue weighted by Crippen LogP contribution is 2.27. The molecule has 2 N–H and O–H groups in total. The maximum atomic E-state index is 10.6. The molecule has 5 heteroatoms. The summed E-state index contributed by atoms with van der Waals surface area (Å²) in [5.74, 6) is 0.258. The summed E-state index contributed by atoms with van der Waals surface area (Å²) in [4.78, 5) is 21.2. The fourth-order valence-electron chi connectivity index (χ4n) is 2.22. The smallest absolute Gasteiger partial charge is 0.404 e. The lowest BCUT2D eigenvalue weighted by Crippen LogP contribution is -2.50. The molecule has 18 heavy (non-hydrogen) atoms. The Balaban J connectivity index is 2.56. The van der Waals surface area contributed by atoms with E-state index in [-0.39, 0.29) is 24.2 Å². The Labute approximate surface area is 107 Å². The highest BCUT2D eigenvalue weighted by atomic mass is 16.5. The normalized spacial score (nSPS) is 32.9. The molecule has 1 saturated heterocycles. The van der Waals surface area contributed by atoms with Crippen LogP contribution in [0.1, 0.15) is 33.6 Å². The molecule has 0 unspecified atom stereocenters. The van der Waals surface area contributed by atoms with Gasteiger partial charge in [-0.15, -0.1) is 0 Å². The van der Waals surface area contributed by atoms with E-state index in [1.54, 1.807) is 6.92 Å². The van der Waals surface area contributed by atoms with Gasteiger partial charge in [-0.2, -0.15) is 0 Å². The van der Waals surface area contributed by atoms with Gasteiger partial charge >= 0.3 is 6.09 Å². The molecule has 102 valence electrons. The van der Waals surface area contributed by atoms with E-state index in [9.17, 15) is 9.59 Å². The number of allylic oxidation sites excluding steroid dienone is 1. The quantitative estimate of drug-likeness (QED) is 0.595. The van der Waals surface area contributed by atoms with E-state index in [2.05, 4.69) is 5.32 Å². The number of carbonyl (C=O) groups is 2. The molecule has 0 aromatic heterocycles. The number of amides is 1. The van der Waals surface area contributed by atoms with Crippen molar-refractivity contribution in [3.8, 4) is 0 Å². The molecule has 0 aromatic carbocycles. The molecule has 0 radical (unpaired) electrons. The predicted molar refractivity (Wildman–Crippen MR) is 67.5 cm³/mol. The molecule has 1 amide bonds. The second kappa shape index (κ2) is 6.54. The van der Waals surface area contributed by atoms with Gasteiger partial charge in [-0.1, -0.05) is 13.0 Å². The zero-order valence-corrected chi connectivity index (χ0v) is 11.1. The van der Waals surface area contributed by atoms with Crippen molar-refractivity contribution in [2.75, 3.05) is 0 Å². The first-order chi connectivity index (χ1) is 8.43. The highest BCUT2D eigenvalue weighted by Gasteiger charge is 2.33. The molecule has 0 aliphatic carbocycles. The minimum absolute atomic E-state index is 0.0433. The van der Waals surface area contributed by atoms with Crippen LogP contribution in [0.4, 0.5) is 4.79 Å².